The van der Waals surface area contributed by atoms with Crippen LogP contribution in [0, 0.1) is 0 Å². The van der Waals surface area contributed by atoms with Crippen molar-refractivity contribution in [3.63, 3.8) is 0 Å². The quantitative estimate of drug-likeness (QED) is 0.648. The molecule has 130 valence electrons. The molecule has 0 saturated heterocycles. The molecule has 3 aromatic carbocycles. The van der Waals surface area contributed by atoms with E-state index in [-0.39, 0.29) is 11.1 Å². The first-order valence-electron chi connectivity index (χ1n) is 8.10. The molecule has 0 amide bonds. The number of esters is 2. The summed E-state index contributed by atoms with van der Waals surface area (Å²) in [6, 6.07) is 23.1. The monoisotopic (exact) mass is 346 g/mol. The Morgan fingerprint density at radius 3 is 1.62 bits per heavy atom. The minimum Gasteiger partial charge on any atom is -0.465 e. The van der Waals surface area contributed by atoms with Crippen molar-refractivity contribution in [1.29, 1.82) is 0 Å². The van der Waals surface area contributed by atoms with Crippen LogP contribution in [-0.2, 0) is 9.47 Å². The van der Waals surface area contributed by atoms with Gasteiger partial charge in [0.05, 0.1) is 25.3 Å². The topological polar surface area (TPSA) is 52.6 Å². The van der Waals surface area contributed by atoms with Crippen LogP contribution in [0.3, 0.4) is 0 Å². The Morgan fingerprint density at radius 2 is 1.04 bits per heavy atom. The maximum absolute atomic E-state index is 12.0. The van der Waals surface area contributed by atoms with E-state index in [1.165, 1.54) is 14.2 Å². The minimum absolute atomic E-state index is 0.184. The van der Waals surface area contributed by atoms with E-state index < -0.39 is 11.9 Å². The summed E-state index contributed by atoms with van der Waals surface area (Å²) in [7, 11) is 2.56. The molecule has 0 aromatic heterocycles. The highest BCUT2D eigenvalue weighted by Crippen LogP contribution is 2.27. The lowest BCUT2D eigenvalue weighted by Gasteiger charge is -2.10. The van der Waals surface area contributed by atoms with Crippen LogP contribution in [0.25, 0.3) is 22.3 Å². The summed E-state index contributed by atoms with van der Waals surface area (Å²) in [5, 5.41) is 0. The molecule has 26 heavy (non-hydrogen) atoms. The molecule has 0 bridgehead atoms. The van der Waals surface area contributed by atoms with Crippen molar-refractivity contribution in [2.45, 2.75) is 0 Å². The van der Waals surface area contributed by atoms with Crippen molar-refractivity contribution in [3.05, 3.63) is 83.9 Å². The van der Waals surface area contributed by atoms with Gasteiger partial charge in [0.25, 0.3) is 0 Å². The molecule has 4 heteroatoms. The van der Waals surface area contributed by atoms with Crippen LogP contribution in [-0.4, -0.2) is 26.2 Å². The zero-order chi connectivity index (χ0) is 18.5. The first-order valence-corrected chi connectivity index (χ1v) is 8.10. The number of benzene rings is 3. The Kier molecular flexibility index (Phi) is 5.13. The van der Waals surface area contributed by atoms with Crippen LogP contribution < -0.4 is 0 Å². The summed E-state index contributed by atoms with van der Waals surface area (Å²) in [6.45, 7) is 0. The second kappa shape index (κ2) is 7.66. The van der Waals surface area contributed by atoms with Gasteiger partial charge in [-0.2, -0.15) is 0 Å². The second-order valence-electron chi connectivity index (χ2n) is 5.69. The Bertz CT molecular complexity index is 928. The van der Waals surface area contributed by atoms with Crippen LogP contribution in [0.5, 0.6) is 0 Å². The number of hydrogen-bond acceptors (Lipinski definition) is 4. The number of carbonyl (C=O) groups is 2. The van der Waals surface area contributed by atoms with Crippen molar-refractivity contribution in [1.82, 2.24) is 0 Å². The van der Waals surface area contributed by atoms with Gasteiger partial charge in [-0.25, -0.2) is 9.59 Å². The number of hydrogen-bond donors (Lipinski definition) is 0. The maximum Gasteiger partial charge on any atom is 0.338 e. The van der Waals surface area contributed by atoms with E-state index in [1.54, 1.807) is 18.2 Å². The summed E-state index contributed by atoms with van der Waals surface area (Å²) < 4.78 is 9.53. The third-order valence-electron chi connectivity index (χ3n) is 4.16. The predicted octanol–water partition coefficient (Wildman–Crippen LogP) is 4.59. The highest BCUT2D eigenvalue weighted by molar-refractivity contribution is 6.04. The van der Waals surface area contributed by atoms with Gasteiger partial charge in [-0.05, 0) is 34.4 Å². The number of methoxy groups -OCH3 is 2. The van der Waals surface area contributed by atoms with Crippen LogP contribution >= 0.6 is 0 Å². The highest BCUT2D eigenvalue weighted by atomic mass is 16.5. The molecule has 3 rings (SSSR count). The second-order valence-corrected chi connectivity index (χ2v) is 5.69. The van der Waals surface area contributed by atoms with E-state index in [4.69, 9.17) is 9.47 Å². The lowest BCUT2D eigenvalue weighted by atomic mass is 9.97. The van der Waals surface area contributed by atoms with Crippen LogP contribution in [0.2, 0.25) is 0 Å². The normalized spacial score (nSPS) is 10.2. The van der Waals surface area contributed by atoms with Gasteiger partial charge in [-0.15, -0.1) is 0 Å². The zero-order valence-electron chi connectivity index (χ0n) is 14.6. The van der Waals surface area contributed by atoms with E-state index in [0.29, 0.717) is 0 Å². The molecule has 0 unspecified atom stereocenters. The number of rotatable bonds is 4. The van der Waals surface area contributed by atoms with Crippen molar-refractivity contribution in [2.24, 2.45) is 0 Å². The van der Waals surface area contributed by atoms with Gasteiger partial charge >= 0.3 is 11.9 Å². The smallest absolute Gasteiger partial charge is 0.338 e. The van der Waals surface area contributed by atoms with Crippen molar-refractivity contribution in [3.8, 4) is 22.3 Å². The fraction of sp³-hybridized carbons (Fsp3) is 0.0909. The molecule has 0 fully saturated rings. The fourth-order valence-electron chi connectivity index (χ4n) is 2.78. The maximum atomic E-state index is 12.0. The molecular formula is C22H18O4. The molecule has 0 aliphatic carbocycles. The van der Waals surface area contributed by atoms with Crippen molar-refractivity contribution >= 4 is 11.9 Å². The molecule has 0 spiro atoms. The molecule has 0 aliphatic heterocycles. The lowest BCUT2D eigenvalue weighted by molar-refractivity contribution is 0.0555. The standard InChI is InChI=1S/C22H18O4/c1-25-21(23)19-13-12-18(14-20(19)22(24)26-2)17-10-8-16(9-11-17)15-6-4-3-5-7-15/h3-14H,1-2H3. The largest absolute Gasteiger partial charge is 0.465 e. The third kappa shape index (κ3) is 3.49. The molecule has 0 radical (unpaired) electrons. The average Bonchev–Trinajstić information content (AvgIpc) is 2.73. The molecule has 0 saturated carbocycles. The average molecular weight is 346 g/mol. The first kappa shape index (κ1) is 17.4. The Hall–Kier alpha value is -3.40. The van der Waals surface area contributed by atoms with Crippen LogP contribution in [0.15, 0.2) is 72.8 Å². The van der Waals surface area contributed by atoms with E-state index in [0.717, 1.165) is 22.3 Å². The van der Waals surface area contributed by atoms with Gasteiger partial charge in [0.1, 0.15) is 0 Å². The van der Waals surface area contributed by atoms with Gasteiger partial charge in [-0.3, -0.25) is 0 Å². The minimum atomic E-state index is -0.576. The fourth-order valence-corrected chi connectivity index (χ4v) is 2.78. The zero-order valence-corrected chi connectivity index (χ0v) is 14.6. The van der Waals surface area contributed by atoms with Gasteiger partial charge in [0.2, 0.25) is 0 Å². The Morgan fingerprint density at radius 1 is 0.577 bits per heavy atom. The van der Waals surface area contributed by atoms with E-state index >= 15 is 0 Å². The number of carbonyl (C=O) groups excluding carboxylic acids is 2. The molecule has 4 nitrogen and oxygen atoms in total. The van der Waals surface area contributed by atoms with Gasteiger partial charge in [0.15, 0.2) is 0 Å². The highest BCUT2D eigenvalue weighted by Gasteiger charge is 2.19. The molecule has 0 aliphatic rings. The summed E-state index contributed by atoms with van der Waals surface area (Å²) in [5.41, 5.74) is 4.36. The Labute approximate surface area is 152 Å². The first-order chi connectivity index (χ1) is 12.6. The predicted molar refractivity (Wildman–Crippen MR) is 100.0 cm³/mol. The van der Waals surface area contributed by atoms with Crippen LogP contribution in [0.4, 0.5) is 0 Å². The van der Waals surface area contributed by atoms with E-state index in [1.807, 2.05) is 42.5 Å². The summed E-state index contributed by atoms with van der Waals surface area (Å²) >= 11 is 0. The summed E-state index contributed by atoms with van der Waals surface area (Å²) in [5.74, 6) is -1.15. The third-order valence-corrected chi connectivity index (χ3v) is 4.16. The van der Waals surface area contributed by atoms with E-state index in [2.05, 4.69) is 12.1 Å². The Balaban J connectivity index is 1.99. The SMILES string of the molecule is COC(=O)c1ccc(-c2ccc(-c3ccccc3)cc2)cc1C(=O)OC. The van der Waals surface area contributed by atoms with Crippen molar-refractivity contribution < 1.29 is 19.1 Å². The molecular weight excluding hydrogens is 328 g/mol. The number of ether oxygens (including phenoxy) is 2. The molecule has 0 atom stereocenters. The van der Waals surface area contributed by atoms with Gasteiger partial charge in [0, 0.05) is 0 Å². The molecule has 3 aromatic rings. The van der Waals surface area contributed by atoms with Gasteiger partial charge < -0.3 is 9.47 Å². The molecule has 0 N–H and O–H groups in total. The van der Waals surface area contributed by atoms with Crippen LogP contribution in [0.1, 0.15) is 20.7 Å². The summed E-state index contributed by atoms with van der Waals surface area (Å²) in [6.07, 6.45) is 0. The van der Waals surface area contributed by atoms with Gasteiger partial charge in [-0.1, -0.05) is 60.7 Å². The molecule has 0 heterocycles. The van der Waals surface area contributed by atoms with E-state index in [9.17, 15) is 9.59 Å². The summed E-state index contributed by atoms with van der Waals surface area (Å²) in [4.78, 5) is 23.9. The lowest BCUT2D eigenvalue weighted by Crippen LogP contribution is -2.11. The van der Waals surface area contributed by atoms with Crippen molar-refractivity contribution in [2.75, 3.05) is 14.2 Å².